The first-order chi connectivity index (χ1) is 9.56. The number of hydrogen-bond acceptors (Lipinski definition) is 3. The molecule has 0 aromatic heterocycles. The van der Waals surface area contributed by atoms with E-state index in [2.05, 4.69) is 5.32 Å². The van der Waals surface area contributed by atoms with Gasteiger partial charge in [-0.05, 0) is 36.6 Å². The number of anilines is 1. The molecule has 0 saturated carbocycles. The van der Waals surface area contributed by atoms with E-state index in [4.69, 9.17) is 0 Å². The predicted molar refractivity (Wildman–Crippen MR) is 80.6 cm³/mol. The molecule has 0 bridgehead atoms. The van der Waals surface area contributed by atoms with E-state index in [1.165, 1.54) is 0 Å². The topological polar surface area (TPSA) is 55.2 Å². The van der Waals surface area contributed by atoms with Crippen LogP contribution in [0.15, 0.2) is 48.5 Å². The highest BCUT2D eigenvalue weighted by molar-refractivity contribution is 5.54. The molecule has 0 aliphatic heterocycles. The van der Waals surface area contributed by atoms with Crippen LogP contribution in [0.3, 0.4) is 0 Å². The lowest BCUT2D eigenvalue weighted by molar-refractivity contribution is -0.482. The van der Waals surface area contributed by atoms with Crippen LogP contribution in [0.25, 0.3) is 0 Å². The van der Waals surface area contributed by atoms with E-state index in [0.717, 1.165) is 22.4 Å². The van der Waals surface area contributed by atoms with E-state index < -0.39 is 0 Å². The van der Waals surface area contributed by atoms with Gasteiger partial charge >= 0.3 is 0 Å². The van der Waals surface area contributed by atoms with Crippen molar-refractivity contribution in [3.8, 4) is 0 Å². The van der Waals surface area contributed by atoms with Crippen LogP contribution in [0, 0.1) is 24.0 Å². The highest BCUT2D eigenvalue weighted by Gasteiger charge is 2.18. The Morgan fingerprint density at radius 2 is 1.85 bits per heavy atom. The van der Waals surface area contributed by atoms with Gasteiger partial charge in [0.1, 0.15) is 6.04 Å². The van der Waals surface area contributed by atoms with E-state index >= 15 is 0 Å². The first kappa shape index (κ1) is 14.1. The van der Waals surface area contributed by atoms with Gasteiger partial charge in [0.25, 0.3) is 0 Å². The Balaban J connectivity index is 2.28. The lowest BCUT2D eigenvalue weighted by atomic mass is 10.0. The summed E-state index contributed by atoms with van der Waals surface area (Å²) in [5, 5.41) is 14.2. The van der Waals surface area contributed by atoms with E-state index in [1.807, 2.05) is 62.4 Å². The molecular formula is C16H18N2O2. The molecule has 2 rings (SSSR count). The molecule has 4 heteroatoms. The van der Waals surface area contributed by atoms with Gasteiger partial charge in [-0.15, -0.1) is 0 Å². The zero-order valence-electron chi connectivity index (χ0n) is 11.7. The average molecular weight is 270 g/mol. The second kappa shape index (κ2) is 6.19. The third-order valence-corrected chi connectivity index (χ3v) is 3.26. The van der Waals surface area contributed by atoms with Gasteiger partial charge < -0.3 is 5.32 Å². The van der Waals surface area contributed by atoms with Crippen LogP contribution in [0.1, 0.15) is 22.7 Å². The molecule has 0 radical (unpaired) electrons. The van der Waals surface area contributed by atoms with Gasteiger partial charge in [-0.25, -0.2) is 0 Å². The second-order valence-corrected chi connectivity index (χ2v) is 4.94. The SMILES string of the molecule is Cc1ccc(C)c(NC(C[N+](=O)[O-])c2ccccc2)c1. The normalized spacial score (nSPS) is 11.9. The maximum absolute atomic E-state index is 10.9. The molecule has 0 saturated heterocycles. The maximum Gasteiger partial charge on any atom is 0.227 e. The van der Waals surface area contributed by atoms with Crippen LogP contribution in [0.5, 0.6) is 0 Å². The molecule has 2 aromatic rings. The van der Waals surface area contributed by atoms with Gasteiger partial charge in [0.05, 0.1) is 0 Å². The third kappa shape index (κ3) is 3.57. The maximum atomic E-state index is 10.9. The molecule has 0 aliphatic carbocycles. The van der Waals surface area contributed by atoms with Crippen LogP contribution in [0.2, 0.25) is 0 Å². The molecule has 0 heterocycles. The molecule has 1 atom stereocenters. The summed E-state index contributed by atoms with van der Waals surface area (Å²) in [7, 11) is 0. The van der Waals surface area contributed by atoms with Gasteiger partial charge in [0, 0.05) is 10.6 Å². The van der Waals surface area contributed by atoms with Crippen molar-refractivity contribution < 1.29 is 4.92 Å². The lowest BCUT2D eigenvalue weighted by Crippen LogP contribution is -2.20. The van der Waals surface area contributed by atoms with Gasteiger partial charge in [-0.2, -0.15) is 0 Å². The Bertz CT molecular complexity index is 597. The molecule has 0 spiro atoms. The Labute approximate surface area is 118 Å². The fourth-order valence-corrected chi connectivity index (χ4v) is 2.15. The second-order valence-electron chi connectivity index (χ2n) is 4.94. The van der Waals surface area contributed by atoms with Crippen molar-refractivity contribution in [3.63, 3.8) is 0 Å². The van der Waals surface area contributed by atoms with Crippen LogP contribution in [0.4, 0.5) is 5.69 Å². The van der Waals surface area contributed by atoms with Crippen molar-refractivity contribution in [2.24, 2.45) is 0 Å². The summed E-state index contributed by atoms with van der Waals surface area (Å²) in [6.45, 7) is 3.86. The zero-order valence-corrected chi connectivity index (χ0v) is 11.7. The minimum Gasteiger partial charge on any atom is -0.372 e. The highest BCUT2D eigenvalue weighted by Crippen LogP contribution is 2.23. The van der Waals surface area contributed by atoms with Gasteiger partial charge in [-0.3, -0.25) is 10.1 Å². The van der Waals surface area contributed by atoms with E-state index in [1.54, 1.807) is 0 Å². The molecule has 1 unspecified atom stereocenters. The Hall–Kier alpha value is -2.36. The number of aryl methyl sites for hydroxylation is 2. The summed E-state index contributed by atoms with van der Waals surface area (Å²) in [6, 6.07) is 15.3. The average Bonchev–Trinajstić information content (AvgIpc) is 2.42. The van der Waals surface area contributed by atoms with Crippen LogP contribution < -0.4 is 5.32 Å². The van der Waals surface area contributed by atoms with Crippen molar-refractivity contribution in [1.82, 2.24) is 0 Å². The molecule has 20 heavy (non-hydrogen) atoms. The molecule has 0 aliphatic rings. The quantitative estimate of drug-likeness (QED) is 0.665. The van der Waals surface area contributed by atoms with E-state index in [0.29, 0.717) is 0 Å². The highest BCUT2D eigenvalue weighted by atomic mass is 16.6. The minimum atomic E-state index is -0.327. The van der Waals surface area contributed by atoms with Gasteiger partial charge in [-0.1, -0.05) is 42.5 Å². The number of hydrogen-bond donors (Lipinski definition) is 1. The number of nitrogens with zero attached hydrogens (tertiary/aromatic N) is 1. The Morgan fingerprint density at radius 1 is 1.15 bits per heavy atom. The number of rotatable bonds is 5. The van der Waals surface area contributed by atoms with Crippen molar-refractivity contribution in [2.45, 2.75) is 19.9 Å². The summed E-state index contributed by atoms with van der Waals surface area (Å²) >= 11 is 0. The van der Waals surface area contributed by atoms with Crippen molar-refractivity contribution in [2.75, 3.05) is 11.9 Å². The summed E-state index contributed by atoms with van der Waals surface area (Å²) in [6.07, 6.45) is 0. The predicted octanol–water partition coefficient (Wildman–Crippen LogP) is 3.73. The molecule has 104 valence electrons. The fourth-order valence-electron chi connectivity index (χ4n) is 2.15. The summed E-state index contributed by atoms with van der Waals surface area (Å²) in [5.41, 5.74) is 4.08. The molecule has 0 fully saturated rings. The minimum absolute atomic E-state index is 0.141. The van der Waals surface area contributed by atoms with Crippen molar-refractivity contribution in [3.05, 3.63) is 75.3 Å². The number of benzene rings is 2. The lowest BCUT2D eigenvalue weighted by Gasteiger charge is -2.18. The molecule has 1 N–H and O–H groups in total. The van der Waals surface area contributed by atoms with Gasteiger partial charge in [0.2, 0.25) is 6.54 Å². The summed E-state index contributed by atoms with van der Waals surface area (Å²) < 4.78 is 0. The van der Waals surface area contributed by atoms with E-state index in [-0.39, 0.29) is 17.5 Å². The molecule has 4 nitrogen and oxygen atoms in total. The summed E-state index contributed by atoms with van der Waals surface area (Å²) in [4.78, 5) is 10.6. The first-order valence-electron chi connectivity index (χ1n) is 6.57. The fraction of sp³-hybridized carbons (Fsp3) is 0.250. The molecule has 2 aromatic carbocycles. The van der Waals surface area contributed by atoms with Gasteiger partial charge in [0.15, 0.2) is 0 Å². The van der Waals surface area contributed by atoms with Crippen molar-refractivity contribution in [1.29, 1.82) is 0 Å². The molecular weight excluding hydrogens is 252 g/mol. The Kier molecular flexibility index (Phi) is 4.35. The standard InChI is InChI=1S/C16H18N2O2/c1-12-8-9-13(2)15(10-12)17-16(11-18(19)20)14-6-4-3-5-7-14/h3-10,16-17H,11H2,1-2H3. The Morgan fingerprint density at radius 3 is 2.50 bits per heavy atom. The smallest absolute Gasteiger partial charge is 0.227 e. The largest absolute Gasteiger partial charge is 0.372 e. The van der Waals surface area contributed by atoms with E-state index in [9.17, 15) is 10.1 Å². The molecule has 0 amide bonds. The number of nitrogens with one attached hydrogen (secondary N) is 1. The first-order valence-corrected chi connectivity index (χ1v) is 6.57. The monoisotopic (exact) mass is 270 g/mol. The summed E-state index contributed by atoms with van der Waals surface area (Å²) in [5.74, 6) is 0. The van der Waals surface area contributed by atoms with Crippen LogP contribution in [-0.2, 0) is 0 Å². The van der Waals surface area contributed by atoms with Crippen LogP contribution in [-0.4, -0.2) is 11.5 Å². The van der Waals surface area contributed by atoms with Crippen LogP contribution >= 0.6 is 0 Å². The zero-order chi connectivity index (χ0) is 14.5. The number of nitro groups is 1. The van der Waals surface area contributed by atoms with Crippen molar-refractivity contribution >= 4 is 5.69 Å². The third-order valence-electron chi connectivity index (χ3n) is 3.26.